The molecule has 0 aromatic rings. The summed E-state index contributed by atoms with van der Waals surface area (Å²) >= 11 is 0. The lowest BCUT2D eigenvalue weighted by atomic mass is 9.43. The highest BCUT2D eigenvalue weighted by atomic mass is 16.3. The van der Waals surface area contributed by atoms with Crippen molar-refractivity contribution in [2.75, 3.05) is 6.54 Å². The van der Waals surface area contributed by atoms with Crippen LogP contribution in [0.4, 0.5) is 0 Å². The lowest BCUT2D eigenvalue weighted by molar-refractivity contribution is -0.150. The van der Waals surface area contributed by atoms with Gasteiger partial charge in [0.1, 0.15) is 0 Å². The van der Waals surface area contributed by atoms with E-state index in [0.29, 0.717) is 34.9 Å². The highest BCUT2D eigenvalue weighted by Crippen LogP contribution is 2.68. The smallest absolute Gasteiger partial charge is 0.162 e. The van der Waals surface area contributed by atoms with E-state index < -0.39 is 0 Å². The molecule has 0 amide bonds. The predicted octanol–water partition coefficient (Wildman–Crippen LogP) is 4.73. The Morgan fingerprint density at radius 3 is 2.50 bits per heavy atom. The number of fused-ring (bicyclic) bond motifs is 5. The molecule has 0 radical (unpaired) electrons. The van der Waals surface area contributed by atoms with Gasteiger partial charge in [-0.05, 0) is 111 Å². The number of hydrogen-bond donors (Lipinski definition) is 2. The molecule has 0 saturated heterocycles. The van der Waals surface area contributed by atoms with Crippen molar-refractivity contribution >= 4 is 5.78 Å². The van der Waals surface area contributed by atoms with Crippen LogP contribution in [0.1, 0.15) is 79.1 Å². The molecular weight excluding hydrogens is 346 g/mol. The number of Topliss-reactive ketones (excluding diaryl/α,β-unsaturated/α-hetero) is 1. The van der Waals surface area contributed by atoms with Gasteiger partial charge in [0.2, 0.25) is 0 Å². The van der Waals surface area contributed by atoms with Crippen molar-refractivity contribution in [2.45, 2.75) is 85.2 Å². The molecule has 4 aliphatic rings. The third-order valence-corrected chi connectivity index (χ3v) is 10.1. The maximum absolute atomic E-state index is 13.8. The van der Waals surface area contributed by atoms with Crippen LogP contribution in [-0.2, 0) is 4.79 Å². The van der Waals surface area contributed by atoms with Gasteiger partial charge in [0.25, 0.3) is 0 Å². The first kappa shape index (κ1) is 20.6. The molecule has 0 heterocycles. The minimum absolute atomic E-state index is 0.182. The molecule has 4 saturated carbocycles. The number of carbonyl (C=O) groups excluding carboxylic acids is 1. The minimum Gasteiger partial charge on any atom is -0.393 e. The largest absolute Gasteiger partial charge is 0.393 e. The second-order valence-corrected chi connectivity index (χ2v) is 11.1. The Bertz CT molecular complexity index is 657. The van der Waals surface area contributed by atoms with Gasteiger partial charge in [-0.1, -0.05) is 26.8 Å². The Balaban J connectivity index is 1.70. The van der Waals surface area contributed by atoms with Crippen LogP contribution in [0.15, 0.2) is 11.6 Å². The summed E-state index contributed by atoms with van der Waals surface area (Å²) in [6.07, 6.45) is 10.6. The normalized spacial score (nSPS) is 50.8. The van der Waals surface area contributed by atoms with Crippen molar-refractivity contribution in [1.82, 2.24) is 0 Å². The van der Waals surface area contributed by atoms with Gasteiger partial charge in [0.05, 0.1) is 6.10 Å². The van der Waals surface area contributed by atoms with Crippen molar-refractivity contribution in [1.29, 1.82) is 0 Å². The van der Waals surface area contributed by atoms with Crippen molar-refractivity contribution < 1.29 is 9.90 Å². The van der Waals surface area contributed by atoms with E-state index in [1.54, 1.807) is 0 Å². The van der Waals surface area contributed by atoms with E-state index in [2.05, 4.69) is 26.8 Å². The van der Waals surface area contributed by atoms with E-state index >= 15 is 0 Å². The molecule has 4 fully saturated rings. The van der Waals surface area contributed by atoms with Gasteiger partial charge in [0, 0.05) is 5.92 Å². The molecule has 0 aromatic carbocycles. The molecule has 28 heavy (non-hydrogen) atoms. The van der Waals surface area contributed by atoms with Gasteiger partial charge in [-0.15, -0.1) is 0 Å². The Kier molecular flexibility index (Phi) is 5.32. The number of ketones is 1. The molecule has 0 aromatic heterocycles. The summed E-state index contributed by atoms with van der Waals surface area (Å²) in [7, 11) is 0. The number of rotatable bonds is 3. The highest BCUT2D eigenvalue weighted by molar-refractivity contribution is 5.99. The predicted molar refractivity (Wildman–Crippen MR) is 114 cm³/mol. The van der Waals surface area contributed by atoms with E-state index in [0.717, 1.165) is 37.8 Å². The van der Waals surface area contributed by atoms with Crippen molar-refractivity contribution in [3.63, 3.8) is 0 Å². The Hall–Kier alpha value is -0.670. The van der Waals surface area contributed by atoms with Crippen molar-refractivity contribution in [3.8, 4) is 0 Å². The molecule has 4 aliphatic carbocycles. The molecule has 158 valence electrons. The summed E-state index contributed by atoms with van der Waals surface area (Å²) in [5, 5.41) is 10.3. The van der Waals surface area contributed by atoms with Gasteiger partial charge < -0.3 is 10.8 Å². The summed E-state index contributed by atoms with van der Waals surface area (Å²) in [4.78, 5) is 13.8. The zero-order chi connectivity index (χ0) is 20.3. The van der Waals surface area contributed by atoms with Crippen LogP contribution in [0.3, 0.4) is 0 Å². The average Bonchev–Trinajstić information content (AvgIpc) is 3.01. The van der Waals surface area contributed by atoms with Crippen LogP contribution in [-0.4, -0.2) is 23.5 Å². The quantitative estimate of drug-likeness (QED) is 0.688. The maximum Gasteiger partial charge on any atom is 0.162 e. The first-order chi connectivity index (χ1) is 13.3. The van der Waals surface area contributed by atoms with Crippen LogP contribution in [0, 0.1) is 46.3 Å². The Morgan fingerprint density at radius 2 is 1.82 bits per heavy atom. The fourth-order valence-electron chi connectivity index (χ4n) is 8.63. The third kappa shape index (κ3) is 2.79. The van der Waals surface area contributed by atoms with E-state index in [4.69, 9.17) is 5.73 Å². The summed E-state index contributed by atoms with van der Waals surface area (Å²) in [6.45, 7) is 10.1. The highest BCUT2D eigenvalue weighted by Gasteiger charge is 2.64. The van der Waals surface area contributed by atoms with E-state index in [1.807, 2.05) is 6.92 Å². The molecule has 0 spiro atoms. The standard InChI is InChI=1S/C25H41NO2/c1-5-17-21-14-16(27)8-11-25(21,4)20-9-12-24(3)18(15(2)10-13-26)6-7-19(24)22(20)23(17)28/h5,15-16,18-22,27H,6-14,26H2,1-4H3/b17-5+/t15-,16-,18-,19+,20+,21+,22+,24-,25-/m1/s1. The number of nitrogens with two attached hydrogens (primary N) is 1. The summed E-state index contributed by atoms with van der Waals surface area (Å²) in [5.74, 6) is 3.30. The van der Waals surface area contributed by atoms with Crippen LogP contribution >= 0.6 is 0 Å². The maximum atomic E-state index is 13.8. The van der Waals surface area contributed by atoms with Gasteiger partial charge in [0.15, 0.2) is 5.78 Å². The molecular formula is C25H41NO2. The first-order valence-electron chi connectivity index (χ1n) is 11.9. The molecule has 3 heteroatoms. The number of aliphatic hydroxyl groups excluding tert-OH is 1. The van der Waals surface area contributed by atoms with Gasteiger partial charge in [-0.3, -0.25) is 4.79 Å². The third-order valence-electron chi connectivity index (χ3n) is 10.1. The number of allylic oxidation sites excluding steroid dienone is 2. The van der Waals surface area contributed by atoms with E-state index in [9.17, 15) is 9.90 Å². The van der Waals surface area contributed by atoms with Gasteiger partial charge >= 0.3 is 0 Å². The fourth-order valence-corrected chi connectivity index (χ4v) is 8.63. The first-order valence-corrected chi connectivity index (χ1v) is 11.9. The number of aliphatic hydroxyl groups is 1. The van der Waals surface area contributed by atoms with Crippen LogP contribution in [0.5, 0.6) is 0 Å². The monoisotopic (exact) mass is 387 g/mol. The van der Waals surface area contributed by atoms with Crippen LogP contribution in [0.25, 0.3) is 0 Å². The fraction of sp³-hybridized carbons (Fsp3) is 0.880. The van der Waals surface area contributed by atoms with E-state index in [1.165, 1.54) is 25.7 Å². The molecule has 3 N–H and O–H groups in total. The van der Waals surface area contributed by atoms with Gasteiger partial charge in [-0.25, -0.2) is 0 Å². The molecule has 0 unspecified atom stereocenters. The lowest BCUT2D eigenvalue weighted by Crippen LogP contribution is -2.58. The summed E-state index contributed by atoms with van der Waals surface area (Å²) in [5.41, 5.74) is 7.41. The number of hydrogen-bond acceptors (Lipinski definition) is 3. The molecule has 0 aliphatic heterocycles. The Labute approximate surface area is 171 Å². The molecule has 0 bridgehead atoms. The summed E-state index contributed by atoms with van der Waals surface area (Å²) in [6, 6.07) is 0. The summed E-state index contributed by atoms with van der Waals surface area (Å²) < 4.78 is 0. The zero-order valence-electron chi connectivity index (χ0n) is 18.4. The number of carbonyl (C=O) groups is 1. The molecule has 9 atom stereocenters. The zero-order valence-corrected chi connectivity index (χ0v) is 18.4. The van der Waals surface area contributed by atoms with E-state index in [-0.39, 0.29) is 23.4 Å². The van der Waals surface area contributed by atoms with Crippen LogP contribution in [0.2, 0.25) is 0 Å². The van der Waals surface area contributed by atoms with Crippen LogP contribution < -0.4 is 5.73 Å². The van der Waals surface area contributed by atoms with Gasteiger partial charge in [-0.2, -0.15) is 0 Å². The Morgan fingerprint density at radius 1 is 1.14 bits per heavy atom. The molecule has 4 rings (SSSR count). The van der Waals surface area contributed by atoms with Crippen molar-refractivity contribution in [2.24, 2.45) is 52.1 Å². The molecule has 3 nitrogen and oxygen atoms in total. The average molecular weight is 388 g/mol. The lowest BCUT2D eigenvalue weighted by Gasteiger charge is -2.61. The van der Waals surface area contributed by atoms with Crippen molar-refractivity contribution in [3.05, 3.63) is 11.6 Å². The topological polar surface area (TPSA) is 63.3 Å². The SMILES string of the molecule is C/C=C1/C(=O)[C@@H]2[C@H](CC[C@]3(C)[C@@H]([C@H](C)CCN)CC[C@@H]23)[C@@]2(C)CC[C@@H](O)C[C@@H]12. The second-order valence-electron chi connectivity index (χ2n) is 11.1. The second kappa shape index (κ2) is 7.23. The minimum atomic E-state index is -0.237.